The molecular weight excluding hydrogens is 163 g/mol. The fourth-order valence-electron chi connectivity index (χ4n) is 0.556. The van der Waals surface area contributed by atoms with Crippen LogP contribution in [0.25, 0.3) is 0 Å². The average molecular weight is 171 g/mol. The van der Waals surface area contributed by atoms with Crippen LogP contribution in [0.15, 0.2) is 0 Å². The van der Waals surface area contributed by atoms with Crippen LogP contribution in [0.2, 0.25) is 0 Å². The van der Waals surface area contributed by atoms with Gasteiger partial charge in [0.25, 0.3) is 0 Å². The topological polar surface area (TPSA) is 49.3 Å². The van der Waals surface area contributed by atoms with Crippen molar-refractivity contribution in [3.63, 3.8) is 0 Å². The van der Waals surface area contributed by atoms with Gasteiger partial charge < -0.3 is 10.4 Å². The molecule has 6 heteroatoms. The molecule has 0 amide bonds. The predicted molar refractivity (Wildman–Crippen MR) is 31.2 cm³/mol. The molecule has 1 atom stereocenters. The lowest BCUT2D eigenvalue weighted by Crippen LogP contribution is -2.41. The highest BCUT2D eigenvalue weighted by Gasteiger charge is 2.39. The first-order valence-electron chi connectivity index (χ1n) is 2.83. The zero-order valence-electron chi connectivity index (χ0n) is 5.77. The standard InChI is InChI=1S/C5H8F3NO2/c1-9-3(2-4(10)11)5(6,7)8/h3,9H,2H2,1H3,(H,10,11)/t3-/m1/s1. The molecule has 0 aliphatic carbocycles. The summed E-state index contributed by atoms with van der Waals surface area (Å²) in [7, 11) is 1.07. The van der Waals surface area contributed by atoms with Crippen LogP contribution in [0.5, 0.6) is 0 Å². The summed E-state index contributed by atoms with van der Waals surface area (Å²) in [5, 5.41) is 9.91. The van der Waals surface area contributed by atoms with Crippen molar-refractivity contribution < 1.29 is 23.1 Å². The van der Waals surface area contributed by atoms with Gasteiger partial charge in [0.2, 0.25) is 0 Å². The number of carboxylic acid groups (broad SMARTS) is 1. The molecule has 0 aromatic carbocycles. The Labute approximate surface area is 61.2 Å². The maximum absolute atomic E-state index is 11.8. The zero-order chi connectivity index (χ0) is 9.07. The van der Waals surface area contributed by atoms with E-state index in [-0.39, 0.29) is 0 Å². The van der Waals surface area contributed by atoms with Crippen molar-refractivity contribution >= 4 is 5.97 Å². The molecule has 0 radical (unpaired) electrons. The van der Waals surface area contributed by atoms with Crippen molar-refractivity contribution in [1.29, 1.82) is 0 Å². The predicted octanol–water partition coefficient (Wildman–Crippen LogP) is 0.611. The summed E-state index contributed by atoms with van der Waals surface area (Å²) < 4.78 is 35.3. The third kappa shape index (κ3) is 3.82. The monoisotopic (exact) mass is 171 g/mol. The number of aliphatic carboxylic acids is 1. The van der Waals surface area contributed by atoms with Crippen molar-refractivity contribution in [2.24, 2.45) is 0 Å². The highest BCUT2D eigenvalue weighted by molar-refractivity contribution is 5.67. The lowest BCUT2D eigenvalue weighted by atomic mass is 10.2. The van der Waals surface area contributed by atoms with Crippen LogP contribution in [0.4, 0.5) is 13.2 Å². The Morgan fingerprint density at radius 1 is 1.64 bits per heavy atom. The quantitative estimate of drug-likeness (QED) is 0.654. The van der Waals surface area contributed by atoms with Crippen LogP contribution in [0.1, 0.15) is 6.42 Å². The molecule has 0 aromatic rings. The molecular formula is C5H8F3NO2. The van der Waals surface area contributed by atoms with Gasteiger partial charge in [-0.1, -0.05) is 0 Å². The maximum atomic E-state index is 11.8. The summed E-state index contributed by atoms with van der Waals surface area (Å²) in [5.74, 6) is -1.47. The molecule has 0 saturated carbocycles. The number of hydrogen-bond donors (Lipinski definition) is 2. The molecule has 0 aromatic heterocycles. The first-order chi connectivity index (χ1) is 4.88. The first kappa shape index (κ1) is 10.2. The van der Waals surface area contributed by atoms with Gasteiger partial charge in [0.05, 0.1) is 6.42 Å². The van der Waals surface area contributed by atoms with Crippen molar-refractivity contribution in [2.75, 3.05) is 7.05 Å². The normalized spacial score (nSPS) is 14.5. The van der Waals surface area contributed by atoms with Crippen LogP contribution in [0.3, 0.4) is 0 Å². The Hall–Kier alpha value is -0.780. The molecule has 0 heterocycles. The van der Waals surface area contributed by atoms with Gasteiger partial charge in [-0.2, -0.15) is 13.2 Å². The number of rotatable bonds is 3. The van der Waals surface area contributed by atoms with Crippen molar-refractivity contribution in [3.8, 4) is 0 Å². The highest BCUT2D eigenvalue weighted by atomic mass is 19.4. The Morgan fingerprint density at radius 3 is 2.18 bits per heavy atom. The van der Waals surface area contributed by atoms with E-state index in [9.17, 15) is 18.0 Å². The van der Waals surface area contributed by atoms with Crippen LogP contribution in [-0.2, 0) is 4.79 Å². The third-order valence-corrected chi connectivity index (χ3v) is 1.12. The van der Waals surface area contributed by atoms with Crippen LogP contribution in [0, 0.1) is 0 Å². The molecule has 0 aliphatic rings. The number of halogens is 3. The Bertz CT molecular complexity index is 145. The Morgan fingerprint density at radius 2 is 2.09 bits per heavy atom. The third-order valence-electron chi connectivity index (χ3n) is 1.12. The van der Waals surface area contributed by atoms with Crippen molar-refractivity contribution in [3.05, 3.63) is 0 Å². The fraction of sp³-hybridized carbons (Fsp3) is 0.800. The molecule has 0 fully saturated rings. The van der Waals surface area contributed by atoms with E-state index in [1.165, 1.54) is 0 Å². The molecule has 0 aliphatic heterocycles. The molecule has 0 unspecified atom stereocenters. The van der Waals surface area contributed by atoms with Gasteiger partial charge in [-0.3, -0.25) is 4.79 Å². The number of nitrogens with one attached hydrogen (secondary N) is 1. The molecule has 0 rings (SSSR count). The smallest absolute Gasteiger partial charge is 0.404 e. The van der Waals surface area contributed by atoms with Crippen LogP contribution < -0.4 is 5.32 Å². The Kier molecular flexibility index (Phi) is 3.31. The van der Waals surface area contributed by atoms with Crippen molar-refractivity contribution in [2.45, 2.75) is 18.6 Å². The SMILES string of the molecule is CN[C@H](CC(=O)O)C(F)(F)F. The maximum Gasteiger partial charge on any atom is 0.404 e. The van der Waals surface area contributed by atoms with E-state index in [0.717, 1.165) is 7.05 Å². The van der Waals surface area contributed by atoms with Crippen molar-refractivity contribution in [1.82, 2.24) is 5.32 Å². The minimum atomic E-state index is -4.49. The number of carbonyl (C=O) groups is 1. The molecule has 2 N–H and O–H groups in total. The highest BCUT2D eigenvalue weighted by Crippen LogP contribution is 2.21. The van der Waals surface area contributed by atoms with Crippen LogP contribution >= 0.6 is 0 Å². The van der Waals surface area contributed by atoms with E-state index in [1.807, 2.05) is 5.32 Å². The summed E-state index contributed by atoms with van der Waals surface area (Å²) in [4.78, 5) is 9.88. The lowest BCUT2D eigenvalue weighted by molar-refractivity contribution is -0.166. The first-order valence-corrected chi connectivity index (χ1v) is 2.83. The van der Waals surface area contributed by atoms with E-state index < -0.39 is 24.6 Å². The minimum absolute atomic E-state index is 0.944. The molecule has 0 bridgehead atoms. The lowest BCUT2D eigenvalue weighted by Gasteiger charge is -2.16. The van der Waals surface area contributed by atoms with Gasteiger partial charge in [0.15, 0.2) is 0 Å². The van der Waals surface area contributed by atoms with Gasteiger partial charge in [-0.05, 0) is 7.05 Å². The van der Waals surface area contributed by atoms with Gasteiger partial charge in [-0.15, -0.1) is 0 Å². The second-order valence-electron chi connectivity index (χ2n) is 1.98. The zero-order valence-corrected chi connectivity index (χ0v) is 5.77. The Balaban J connectivity index is 4.07. The number of carboxylic acids is 1. The van der Waals surface area contributed by atoms with Gasteiger partial charge in [0, 0.05) is 0 Å². The summed E-state index contributed by atoms with van der Waals surface area (Å²) >= 11 is 0. The minimum Gasteiger partial charge on any atom is -0.481 e. The molecule has 0 spiro atoms. The van der Waals surface area contributed by atoms with Gasteiger partial charge in [-0.25, -0.2) is 0 Å². The summed E-state index contributed by atoms with van der Waals surface area (Å²) in [6.45, 7) is 0. The van der Waals surface area contributed by atoms with E-state index in [0.29, 0.717) is 0 Å². The van der Waals surface area contributed by atoms with E-state index >= 15 is 0 Å². The number of alkyl halides is 3. The summed E-state index contributed by atoms with van der Waals surface area (Å²) in [6, 6.07) is -1.96. The number of hydrogen-bond acceptors (Lipinski definition) is 2. The summed E-state index contributed by atoms with van der Waals surface area (Å²) in [6.07, 6.45) is -5.44. The largest absolute Gasteiger partial charge is 0.481 e. The van der Waals surface area contributed by atoms with Gasteiger partial charge in [0.1, 0.15) is 6.04 Å². The van der Waals surface area contributed by atoms with Crippen LogP contribution in [-0.4, -0.2) is 30.3 Å². The van der Waals surface area contributed by atoms with Gasteiger partial charge >= 0.3 is 12.1 Å². The van der Waals surface area contributed by atoms with E-state index in [2.05, 4.69) is 0 Å². The molecule has 66 valence electrons. The molecule has 0 saturated heterocycles. The molecule has 11 heavy (non-hydrogen) atoms. The second kappa shape index (κ2) is 3.56. The van der Waals surface area contributed by atoms with E-state index in [4.69, 9.17) is 5.11 Å². The average Bonchev–Trinajstić information content (AvgIpc) is 1.79. The van der Waals surface area contributed by atoms with E-state index in [1.54, 1.807) is 0 Å². The fourth-order valence-corrected chi connectivity index (χ4v) is 0.556. The molecule has 3 nitrogen and oxygen atoms in total. The second-order valence-corrected chi connectivity index (χ2v) is 1.98. The summed E-state index contributed by atoms with van der Waals surface area (Å²) in [5.41, 5.74) is 0.